The molecule has 0 aliphatic heterocycles. The first-order valence-electron chi connectivity index (χ1n) is 8.94. The van der Waals surface area contributed by atoms with Crippen molar-refractivity contribution in [2.24, 2.45) is 0 Å². The van der Waals surface area contributed by atoms with E-state index < -0.39 is 24.3 Å². The van der Waals surface area contributed by atoms with Gasteiger partial charge in [0.25, 0.3) is 5.56 Å². The van der Waals surface area contributed by atoms with Crippen molar-refractivity contribution in [2.45, 2.75) is 12.8 Å². The molecule has 158 valence electrons. The molecule has 0 fully saturated rings. The van der Waals surface area contributed by atoms with Crippen LogP contribution in [-0.2, 0) is 16.1 Å². The minimum Gasteiger partial charge on any atom is -0.453 e. The zero-order valence-corrected chi connectivity index (χ0v) is 16.4. The van der Waals surface area contributed by atoms with Crippen molar-refractivity contribution in [1.82, 2.24) is 14.6 Å². The first kappa shape index (κ1) is 20.7. The summed E-state index contributed by atoms with van der Waals surface area (Å²) in [7, 11) is 0. The molecular formula is C21H13ClF3N3O3. The molecule has 1 N–H and O–H groups in total. The molecule has 0 saturated carbocycles. The summed E-state index contributed by atoms with van der Waals surface area (Å²) in [5.74, 6) is -2.35. The van der Waals surface area contributed by atoms with Crippen molar-refractivity contribution < 1.29 is 22.7 Å². The molecule has 2 aromatic heterocycles. The summed E-state index contributed by atoms with van der Waals surface area (Å²) in [5, 5.41) is 3.53. The molecule has 2 heterocycles. The maximum Gasteiger partial charge on any atom is 0.490 e. The van der Waals surface area contributed by atoms with Crippen LogP contribution in [-0.4, -0.2) is 26.7 Å². The summed E-state index contributed by atoms with van der Waals surface area (Å²) in [6, 6.07) is 17.0. The minimum atomic E-state index is -5.13. The highest BCUT2D eigenvalue weighted by molar-refractivity contribution is 6.30. The Morgan fingerprint density at radius 3 is 2.39 bits per heavy atom. The Kier molecular flexibility index (Phi) is 5.28. The van der Waals surface area contributed by atoms with Crippen LogP contribution >= 0.6 is 11.6 Å². The fraction of sp³-hybridized carbons (Fsp3) is 0.0952. The summed E-state index contributed by atoms with van der Waals surface area (Å²) >= 11 is 5.97. The molecule has 0 spiro atoms. The molecule has 4 rings (SSSR count). The Morgan fingerprint density at radius 1 is 1.06 bits per heavy atom. The van der Waals surface area contributed by atoms with Crippen molar-refractivity contribution in [1.29, 1.82) is 0 Å². The number of nitrogens with one attached hydrogen (secondary N) is 1. The number of H-pyrrole nitrogens is 1. The lowest BCUT2D eigenvalue weighted by atomic mass is 10.0. The van der Waals surface area contributed by atoms with Crippen molar-refractivity contribution in [3.63, 3.8) is 0 Å². The molecule has 4 aromatic rings. The molecule has 0 saturated heterocycles. The molecule has 0 atom stereocenters. The van der Waals surface area contributed by atoms with Crippen molar-refractivity contribution >= 4 is 23.2 Å². The second-order valence-corrected chi connectivity index (χ2v) is 6.99. The Labute approximate surface area is 177 Å². The average Bonchev–Trinajstić information content (AvgIpc) is 3.12. The summed E-state index contributed by atoms with van der Waals surface area (Å²) in [6.07, 6.45) is -5.13. The maximum atomic E-state index is 12.6. The summed E-state index contributed by atoms with van der Waals surface area (Å²) in [6.45, 7) is -0.792. The van der Waals surface area contributed by atoms with Crippen LogP contribution in [0, 0.1) is 0 Å². The van der Waals surface area contributed by atoms with E-state index in [1.165, 1.54) is 4.52 Å². The van der Waals surface area contributed by atoms with E-state index in [0.29, 0.717) is 16.3 Å². The number of benzene rings is 2. The Hall–Kier alpha value is -3.59. The molecule has 6 nitrogen and oxygen atoms in total. The van der Waals surface area contributed by atoms with Gasteiger partial charge in [0, 0.05) is 16.7 Å². The summed E-state index contributed by atoms with van der Waals surface area (Å²) in [5.41, 5.74) is 2.07. The van der Waals surface area contributed by atoms with E-state index in [-0.39, 0.29) is 11.3 Å². The summed E-state index contributed by atoms with van der Waals surface area (Å²) < 4.78 is 42.7. The fourth-order valence-corrected chi connectivity index (χ4v) is 3.21. The molecule has 0 amide bonds. The second kappa shape index (κ2) is 7.92. The van der Waals surface area contributed by atoms with Crippen molar-refractivity contribution in [3.05, 3.63) is 81.7 Å². The number of alkyl halides is 3. The topological polar surface area (TPSA) is 76.5 Å². The molecular weight excluding hydrogens is 435 g/mol. The lowest BCUT2D eigenvalue weighted by Gasteiger charge is -2.07. The van der Waals surface area contributed by atoms with Crippen LogP contribution in [0.1, 0.15) is 5.69 Å². The highest BCUT2D eigenvalue weighted by Gasteiger charge is 2.41. The molecule has 10 heteroatoms. The molecule has 0 unspecified atom stereocenters. The lowest BCUT2D eigenvalue weighted by molar-refractivity contribution is -0.201. The Morgan fingerprint density at radius 2 is 1.74 bits per heavy atom. The minimum absolute atomic E-state index is 0.110. The van der Waals surface area contributed by atoms with Gasteiger partial charge in [-0.25, -0.2) is 14.3 Å². The molecule has 31 heavy (non-hydrogen) atoms. The molecule has 0 radical (unpaired) electrons. The number of aromatic amines is 1. The predicted molar refractivity (Wildman–Crippen MR) is 108 cm³/mol. The number of hydrogen-bond acceptors (Lipinski definition) is 4. The number of carbonyl (C=O) groups excluding carboxylic acids is 1. The third-order valence-electron chi connectivity index (χ3n) is 4.45. The van der Waals surface area contributed by atoms with Gasteiger partial charge in [-0.15, -0.1) is 0 Å². The number of esters is 1. The first-order chi connectivity index (χ1) is 14.7. The highest BCUT2D eigenvalue weighted by Crippen LogP contribution is 2.34. The van der Waals surface area contributed by atoms with E-state index in [1.54, 1.807) is 36.4 Å². The number of ether oxygens (including phenoxy) is 1. The Balaban J connectivity index is 1.87. The standard InChI is InChI=1S/C21H13ClF3N3O3/c22-14-8-6-13(7-9-14)18-17(12-4-2-1-3-5-12)19-26-15(10-16(29)28(19)27-18)11-31-20(30)21(23,24)25/h1-10,27H,11H2. The summed E-state index contributed by atoms with van der Waals surface area (Å²) in [4.78, 5) is 27.9. The fourth-order valence-electron chi connectivity index (χ4n) is 3.08. The van der Waals surface area contributed by atoms with Crippen molar-refractivity contribution in [3.8, 4) is 22.4 Å². The van der Waals surface area contributed by atoms with E-state index in [1.807, 2.05) is 18.2 Å². The molecule has 0 bridgehead atoms. The molecule has 2 aromatic carbocycles. The van der Waals surface area contributed by atoms with E-state index in [0.717, 1.165) is 17.2 Å². The number of halogens is 4. The molecule has 0 aliphatic rings. The second-order valence-electron chi connectivity index (χ2n) is 6.55. The van der Waals surface area contributed by atoms with Gasteiger partial charge in [-0.3, -0.25) is 9.89 Å². The van der Waals surface area contributed by atoms with Gasteiger partial charge >= 0.3 is 12.1 Å². The van der Waals surface area contributed by atoms with E-state index in [9.17, 15) is 22.8 Å². The van der Waals surface area contributed by atoms with Gasteiger partial charge in [0.1, 0.15) is 6.61 Å². The van der Waals surface area contributed by atoms with Crippen LogP contribution < -0.4 is 5.56 Å². The quantitative estimate of drug-likeness (QED) is 0.463. The normalized spacial score (nSPS) is 11.6. The van der Waals surface area contributed by atoms with Gasteiger partial charge < -0.3 is 4.74 Å². The largest absolute Gasteiger partial charge is 0.490 e. The van der Waals surface area contributed by atoms with Crippen LogP contribution in [0.2, 0.25) is 5.02 Å². The SMILES string of the molecule is O=C(OCc1cc(=O)n2[nH]c(-c3ccc(Cl)cc3)c(-c3ccccc3)c2n1)C(F)(F)F. The first-order valence-corrected chi connectivity index (χ1v) is 9.32. The molecule has 0 aliphatic carbocycles. The van der Waals surface area contributed by atoms with Crippen LogP contribution in [0.25, 0.3) is 28.0 Å². The lowest BCUT2D eigenvalue weighted by Crippen LogP contribution is -2.25. The van der Waals surface area contributed by atoms with Gasteiger partial charge in [0.2, 0.25) is 0 Å². The number of rotatable bonds is 4. The van der Waals surface area contributed by atoms with Gasteiger partial charge in [-0.1, -0.05) is 54.1 Å². The van der Waals surface area contributed by atoms with Crippen LogP contribution in [0.4, 0.5) is 13.2 Å². The van der Waals surface area contributed by atoms with Crippen LogP contribution in [0.5, 0.6) is 0 Å². The van der Waals surface area contributed by atoms with E-state index in [4.69, 9.17) is 11.6 Å². The van der Waals surface area contributed by atoms with Gasteiger partial charge in [-0.2, -0.15) is 13.2 Å². The smallest absolute Gasteiger partial charge is 0.453 e. The number of fused-ring (bicyclic) bond motifs is 1. The number of hydrogen-bond donors (Lipinski definition) is 1. The third-order valence-corrected chi connectivity index (χ3v) is 4.70. The highest BCUT2D eigenvalue weighted by atomic mass is 35.5. The monoisotopic (exact) mass is 447 g/mol. The number of aromatic nitrogens is 3. The zero-order valence-electron chi connectivity index (χ0n) is 15.6. The number of carbonyl (C=O) groups is 1. The zero-order chi connectivity index (χ0) is 22.2. The maximum absolute atomic E-state index is 12.6. The van der Waals surface area contributed by atoms with Gasteiger partial charge in [-0.05, 0) is 17.7 Å². The van der Waals surface area contributed by atoms with Crippen LogP contribution in [0.3, 0.4) is 0 Å². The predicted octanol–water partition coefficient (Wildman–Crippen LogP) is 4.62. The van der Waals surface area contributed by atoms with Crippen LogP contribution in [0.15, 0.2) is 65.5 Å². The third kappa shape index (κ3) is 4.17. The average molecular weight is 448 g/mol. The number of nitrogens with zero attached hydrogens (tertiary/aromatic N) is 2. The van der Waals surface area contributed by atoms with Gasteiger partial charge in [0.05, 0.1) is 17.0 Å². The van der Waals surface area contributed by atoms with E-state index >= 15 is 0 Å². The van der Waals surface area contributed by atoms with E-state index in [2.05, 4.69) is 14.8 Å². The Bertz CT molecular complexity index is 1310. The van der Waals surface area contributed by atoms with Crippen molar-refractivity contribution in [2.75, 3.05) is 0 Å². The van der Waals surface area contributed by atoms with Gasteiger partial charge in [0.15, 0.2) is 5.65 Å².